The molecular formula is C13H13ClF3N2O2-. The number of aromatic nitrogens is 1. The van der Waals surface area contributed by atoms with Gasteiger partial charge in [0, 0.05) is 18.3 Å². The normalized spacial score (nSPS) is 22.6. The van der Waals surface area contributed by atoms with Gasteiger partial charge in [-0.05, 0) is 37.8 Å². The average Bonchev–Trinajstić information content (AvgIpc) is 2.69. The molecule has 0 N–H and O–H groups in total. The molecule has 0 aromatic carbocycles. The Kier molecular flexibility index (Phi) is 4.06. The van der Waals surface area contributed by atoms with Gasteiger partial charge in [-0.1, -0.05) is 11.6 Å². The van der Waals surface area contributed by atoms with Crippen molar-refractivity contribution in [2.24, 2.45) is 0 Å². The van der Waals surface area contributed by atoms with E-state index in [1.807, 2.05) is 0 Å². The van der Waals surface area contributed by atoms with Crippen molar-refractivity contribution in [3.63, 3.8) is 0 Å². The Balaban J connectivity index is 2.39. The number of amides is 1. The summed E-state index contributed by atoms with van der Waals surface area (Å²) in [5.41, 5.74) is -1.87. The summed E-state index contributed by atoms with van der Waals surface area (Å²) in [6.45, 7) is 1.88. The molecule has 2 heterocycles. The molecule has 0 bridgehead atoms. The lowest BCUT2D eigenvalue weighted by atomic mass is 9.88. The summed E-state index contributed by atoms with van der Waals surface area (Å²) in [5, 5.41) is 11.1. The fraction of sp³-hybridized carbons (Fsp3) is 0.538. The lowest BCUT2D eigenvalue weighted by Crippen LogP contribution is -2.52. The first-order chi connectivity index (χ1) is 9.63. The second-order valence-corrected chi connectivity index (χ2v) is 5.74. The Labute approximate surface area is 124 Å². The van der Waals surface area contributed by atoms with Crippen LogP contribution in [0.1, 0.15) is 30.9 Å². The van der Waals surface area contributed by atoms with E-state index in [2.05, 4.69) is 4.98 Å². The molecule has 0 saturated carbocycles. The van der Waals surface area contributed by atoms with Crippen molar-refractivity contribution < 1.29 is 23.1 Å². The van der Waals surface area contributed by atoms with Gasteiger partial charge in [0.25, 0.3) is 0 Å². The lowest BCUT2D eigenvalue weighted by Gasteiger charge is -2.38. The molecule has 8 heteroatoms. The summed E-state index contributed by atoms with van der Waals surface area (Å²) in [4.78, 5) is 15.7. The van der Waals surface area contributed by atoms with Gasteiger partial charge in [-0.3, -0.25) is 0 Å². The molecule has 21 heavy (non-hydrogen) atoms. The molecule has 0 radical (unpaired) electrons. The number of hydrogen-bond acceptors (Lipinski definition) is 3. The van der Waals surface area contributed by atoms with Crippen molar-refractivity contribution in [1.82, 2.24) is 9.88 Å². The van der Waals surface area contributed by atoms with E-state index in [4.69, 9.17) is 11.6 Å². The molecule has 1 saturated heterocycles. The molecule has 0 spiro atoms. The van der Waals surface area contributed by atoms with Crippen LogP contribution in [0.4, 0.5) is 18.0 Å². The molecule has 1 aromatic heterocycles. The number of pyridine rings is 1. The van der Waals surface area contributed by atoms with Crippen LogP contribution in [0.5, 0.6) is 0 Å². The highest BCUT2D eigenvalue weighted by molar-refractivity contribution is 6.29. The maximum atomic E-state index is 13.0. The molecule has 1 aliphatic heterocycles. The minimum absolute atomic E-state index is 0.0559. The monoisotopic (exact) mass is 321 g/mol. The van der Waals surface area contributed by atoms with Crippen LogP contribution < -0.4 is 5.11 Å². The van der Waals surface area contributed by atoms with E-state index < -0.39 is 23.4 Å². The van der Waals surface area contributed by atoms with E-state index in [0.29, 0.717) is 19.0 Å². The highest BCUT2D eigenvalue weighted by atomic mass is 35.5. The number of likely N-dealkylation sites (tertiary alicyclic amines) is 1. The van der Waals surface area contributed by atoms with Crippen LogP contribution in [-0.2, 0) is 12.6 Å². The van der Waals surface area contributed by atoms with Gasteiger partial charge in [0.2, 0.25) is 0 Å². The summed E-state index contributed by atoms with van der Waals surface area (Å²) in [6.07, 6.45) is -4.28. The molecular weight excluding hydrogens is 309 g/mol. The number of halogens is 4. The third-order valence-corrected chi connectivity index (χ3v) is 4.01. The Morgan fingerprint density at radius 2 is 2.24 bits per heavy atom. The molecule has 1 unspecified atom stereocenters. The third kappa shape index (κ3) is 3.23. The van der Waals surface area contributed by atoms with Gasteiger partial charge in [0.1, 0.15) is 11.2 Å². The molecule has 1 aliphatic rings. The zero-order valence-corrected chi connectivity index (χ0v) is 12.0. The SMILES string of the molecule is CC1(Cc2cc(Cl)ncc2C(F)(F)F)CCCN1C(=O)[O-]. The largest absolute Gasteiger partial charge is 0.530 e. The number of carboxylic acid groups (broad SMARTS) is 1. The lowest BCUT2D eigenvalue weighted by molar-refractivity contribution is -0.269. The van der Waals surface area contributed by atoms with Gasteiger partial charge < -0.3 is 14.8 Å². The Morgan fingerprint density at radius 1 is 1.57 bits per heavy atom. The quantitative estimate of drug-likeness (QED) is 0.786. The van der Waals surface area contributed by atoms with Crippen LogP contribution in [-0.4, -0.2) is 28.1 Å². The van der Waals surface area contributed by atoms with Gasteiger partial charge in [0.05, 0.1) is 5.56 Å². The predicted octanol–water partition coefficient (Wildman–Crippen LogP) is 2.49. The van der Waals surface area contributed by atoms with Crippen molar-refractivity contribution in [3.8, 4) is 0 Å². The standard InChI is InChI=1S/C13H14ClF3N2O2/c1-12(3-2-4-19(12)11(20)21)6-8-5-10(14)18-7-9(8)13(15,16)17/h5,7H,2-4,6H2,1H3,(H,20,21)/p-1. The predicted molar refractivity (Wildman–Crippen MR) is 67.7 cm³/mol. The van der Waals surface area contributed by atoms with Crippen LogP contribution in [0, 0.1) is 0 Å². The number of carbonyl (C=O) groups excluding carboxylic acids is 1. The van der Waals surface area contributed by atoms with E-state index in [1.54, 1.807) is 6.92 Å². The molecule has 1 aromatic rings. The van der Waals surface area contributed by atoms with Crippen LogP contribution in [0.2, 0.25) is 5.15 Å². The van der Waals surface area contributed by atoms with Gasteiger partial charge >= 0.3 is 6.18 Å². The van der Waals surface area contributed by atoms with Gasteiger partial charge in [-0.25, -0.2) is 4.98 Å². The highest BCUT2D eigenvalue weighted by Gasteiger charge is 2.40. The van der Waals surface area contributed by atoms with Gasteiger partial charge in [0.15, 0.2) is 0 Å². The van der Waals surface area contributed by atoms with Gasteiger partial charge in [-0.2, -0.15) is 13.2 Å². The van der Waals surface area contributed by atoms with Crippen molar-refractivity contribution >= 4 is 17.7 Å². The van der Waals surface area contributed by atoms with Crippen molar-refractivity contribution in [3.05, 3.63) is 28.5 Å². The number of hydrogen-bond donors (Lipinski definition) is 0. The first-order valence-corrected chi connectivity index (χ1v) is 6.71. The molecule has 1 fully saturated rings. The zero-order valence-electron chi connectivity index (χ0n) is 11.2. The molecule has 0 aliphatic carbocycles. The summed E-state index contributed by atoms with van der Waals surface area (Å²) in [6, 6.07) is 1.14. The smallest absolute Gasteiger partial charge is 0.418 e. The maximum absolute atomic E-state index is 13.0. The summed E-state index contributed by atoms with van der Waals surface area (Å²) < 4.78 is 39.0. The fourth-order valence-electron chi connectivity index (χ4n) is 2.80. The number of nitrogens with zero attached hydrogens (tertiary/aromatic N) is 2. The second kappa shape index (κ2) is 5.36. The Bertz CT molecular complexity index is 565. The van der Waals surface area contributed by atoms with Gasteiger partial charge in [-0.15, -0.1) is 0 Å². The molecule has 2 rings (SSSR count). The minimum Gasteiger partial charge on any atom is -0.530 e. The van der Waals surface area contributed by atoms with Crippen molar-refractivity contribution in [2.45, 2.75) is 37.9 Å². The van der Waals surface area contributed by atoms with Crippen LogP contribution in [0.15, 0.2) is 12.3 Å². The van der Waals surface area contributed by atoms with Crippen molar-refractivity contribution in [1.29, 1.82) is 0 Å². The zero-order chi connectivity index (χ0) is 15.8. The number of alkyl halides is 3. The summed E-state index contributed by atoms with van der Waals surface area (Å²) in [5.74, 6) is 0. The molecule has 1 amide bonds. The van der Waals surface area contributed by atoms with Crippen LogP contribution in [0.3, 0.4) is 0 Å². The highest BCUT2D eigenvalue weighted by Crippen LogP contribution is 2.38. The molecule has 4 nitrogen and oxygen atoms in total. The van der Waals surface area contributed by atoms with E-state index in [-0.39, 0.29) is 23.7 Å². The fourth-order valence-corrected chi connectivity index (χ4v) is 2.98. The van der Waals surface area contributed by atoms with Crippen LogP contribution in [0.25, 0.3) is 0 Å². The molecule has 116 valence electrons. The second-order valence-electron chi connectivity index (χ2n) is 5.36. The maximum Gasteiger partial charge on any atom is 0.418 e. The number of rotatable bonds is 2. The third-order valence-electron chi connectivity index (χ3n) is 3.80. The first-order valence-electron chi connectivity index (χ1n) is 6.34. The van der Waals surface area contributed by atoms with E-state index in [1.165, 1.54) is 0 Å². The van der Waals surface area contributed by atoms with E-state index >= 15 is 0 Å². The van der Waals surface area contributed by atoms with Crippen LogP contribution >= 0.6 is 11.6 Å². The average molecular weight is 322 g/mol. The first kappa shape index (κ1) is 15.9. The Morgan fingerprint density at radius 3 is 2.81 bits per heavy atom. The summed E-state index contributed by atoms with van der Waals surface area (Å²) in [7, 11) is 0. The summed E-state index contributed by atoms with van der Waals surface area (Å²) >= 11 is 5.68. The van der Waals surface area contributed by atoms with Crippen molar-refractivity contribution in [2.75, 3.05) is 6.54 Å². The number of carbonyl (C=O) groups is 1. The Hall–Kier alpha value is -1.50. The van der Waals surface area contributed by atoms with E-state index in [0.717, 1.165) is 11.0 Å². The molecule has 1 atom stereocenters. The minimum atomic E-state index is -4.56. The van der Waals surface area contributed by atoms with E-state index in [9.17, 15) is 23.1 Å². The topological polar surface area (TPSA) is 56.3 Å².